The Kier molecular flexibility index (Phi) is 2.12. The number of hydrogen-bond donors (Lipinski definition) is 0. The summed E-state index contributed by atoms with van der Waals surface area (Å²) in [6.45, 7) is 0. The second-order valence-electron chi connectivity index (χ2n) is 5.77. The molecule has 0 spiro atoms. The van der Waals surface area contributed by atoms with E-state index in [1.807, 2.05) is 0 Å². The van der Waals surface area contributed by atoms with Gasteiger partial charge in [-0.2, -0.15) is 0 Å². The summed E-state index contributed by atoms with van der Waals surface area (Å²) in [5.74, 6) is 1.60. The lowest BCUT2D eigenvalue weighted by Gasteiger charge is -2.60. The molecule has 3 heteroatoms. The third kappa shape index (κ3) is 1.33. The fraction of sp³-hybridized carbons (Fsp3) is 1.00. The van der Waals surface area contributed by atoms with Crippen molar-refractivity contribution in [2.24, 2.45) is 17.3 Å². The lowest BCUT2D eigenvalue weighted by molar-refractivity contribution is -0.0315. The standard InChI is InChI=1S/C11H15Cl3/c12-9(13)10-2-7-1-8(3-10)5-11(14,4-7)6-10/h7-9H,1-6H2. The molecule has 4 saturated carbocycles. The highest BCUT2D eigenvalue weighted by molar-refractivity contribution is 6.44. The van der Waals surface area contributed by atoms with Crippen LogP contribution in [0.25, 0.3) is 0 Å². The van der Waals surface area contributed by atoms with Gasteiger partial charge in [-0.15, -0.1) is 34.8 Å². The molecular weight excluding hydrogens is 238 g/mol. The fourth-order valence-electron chi connectivity index (χ4n) is 4.48. The van der Waals surface area contributed by atoms with Gasteiger partial charge in [-0.05, 0) is 50.4 Å². The van der Waals surface area contributed by atoms with E-state index in [1.54, 1.807) is 0 Å². The highest BCUT2D eigenvalue weighted by atomic mass is 35.5. The molecule has 0 aromatic rings. The van der Waals surface area contributed by atoms with E-state index >= 15 is 0 Å². The Morgan fingerprint density at radius 1 is 1.00 bits per heavy atom. The molecule has 0 aromatic heterocycles. The first-order valence-electron chi connectivity index (χ1n) is 5.48. The summed E-state index contributed by atoms with van der Waals surface area (Å²) >= 11 is 19.0. The zero-order chi connectivity index (χ0) is 9.97. The van der Waals surface area contributed by atoms with Crippen LogP contribution in [0.2, 0.25) is 0 Å². The van der Waals surface area contributed by atoms with Crippen molar-refractivity contribution in [1.82, 2.24) is 0 Å². The van der Waals surface area contributed by atoms with Gasteiger partial charge in [-0.1, -0.05) is 0 Å². The third-order valence-corrected chi connectivity index (χ3v) is 5.87. The molecule has 0 aliphatic heterocycles. The minimum Gasteiger partial charge on any atom is -0.119 e. The average Bonchev–Trinajstić information content (AvgIpc) is 1.98. The van der Waals surface area contributed by atoms with Crippen LogP contribution in [0.5, 0.6) is 0 Å². The van der Waals surface area contributed by atoms with Gasteiger partial charge in [-0.25, -0.2) is 0 Å². The Morgan fingerprint density at radius 3 is 2.00 bits per heavy atom. The van der Waals surface area contributed by atoms with Gasteiger partial charge in [-0.3, -0.25) is 0 Å². The second-order valence-corrected chi connectivity index (χ2v) is 7.67. The van der Waals surface area contributed by atoms with Crippen molar-refractivity contribution in [3.8, 4) is 0 Å². The zero-order valence-corrected chi connectivity index (χ0v) is 10.4. The summed E-state index contributed by atoms with van der Waals surface area (Å²) < 4.78 is 0. The van der Waals surface area contributed by atoms with Gasteiger partial charge in [0, 0.05) is 10.3 Å². The zero-order valence-electron chi connectivity index (χ0n) is 8.11. The number of hydrogen-bond acceptors (Lipinski definition) is 0. The van der Waals surface area contributed by atoms with Crippen molar-refractivity contribution in [2.75, 3.05) is 0 Å². The van der Waals surface area contributed by atoms with Crippen molar-refractivity contribution >= 4 is 34.8 Å². The van der Waals surface area contributed by atoms with Gasteiger partial charge in [0.1, 0.15) is 4.84 Å². The molecule has 0 nitrogen and oxygen atoms in total. The number of halogens is 3. The van der Waals surface area contributed by atoms with Crippen LogP contribution >= 0.6 is 34.8 Å². The summed E-state index contributed by atoms with van der Waals surface area (Å²) in [5.41, 5.74) is 0.162. The Balaban J connectivity index is 1.96. The lowest BCUT2D eigenvalue weighted by Crippen LogP contribution is -2.55. The molecular formula is C11H15Cl3. The summed E-state index contributed by atoms with van der Waals surface area (Å²) in [5, 5.41) is 0. The monoisotopic (exact) mass is 252 g/mol. The average molecular weight is 254 g/mol. The van der Waals surface area contributed by atoms with Crippen LogP contribution < -0.4 is 0 Å². The Hall–Kier alpha value is 0.870. The van der Waals surface area contributed by atoms with Crippen LogP contribution in [0.4, 0.5) is 0 Å². The maximum absolute atomic E-state index is 6.65. The predicted octanol–water partition coefficient (Wildman–Crippen LogP) is 4.37. The minimum atomic E-state index is -0.216. The quantitative estimate of drug-likeness (QED) is 0.609. The van der Waals surface area contributed by atoms with Crippen LogP contribution in [-0.2, 0) is 0 Å². The first-order chi connectivity index (χ1) is 6.51. The molecule has 2 unspecified atom stereocenters. The van der Waals surface area contributed by atoms with Crippen LogP contribution in [0.3, 0.4) is 0 Å². The normalized spacial score (nSPS) is 55.7. The van der Waals surface area contributed by atoms with Crippen molar-refractivity contribution in [1.29, 1.82) is 0 Å². The molecule has 4 fully saturated rings. The van der Waals surface area contributed by atoms with E-state index < -0.39 is 0 Å². The van der Waals surface area contributed by atoms with Crippen molar-refractivity contribution in [3.05, 3.63) is 0 Å². The largest absolute Gasteiger partial charge is 0.119 e. The molecule has 4 aliphatic rings. The first kappa shape index (κ1) is 10.1. The smallest absolute Gasteiger partial charge is 0.113 e. The second kappa shape index (κ2) is 2.96. The molecule has 0 heterocycles. The summed E-state index contributed by atoms with van der Waals surface area (Å²) in [6.07, 6.45) is 7.26. The third-order valence-electron chi connectivity index (χ3n) is 4.50. The maximum atomic E-state index is 6.65. The molecule has 0 N–H and O–H groups in total. The van der Waals surface area contributed by atoms with Gasteiger partial charge < -0.3 is 0 Å². The Labute approximate surface area is 100 Å². The van der Waals surface area contributed by atoms with Gasteiger partial charge in [0.15, 0.2) is 0 Å². The topological polar surface area (TPSA) is 0 Å². The molecule has 80 valence electrons. The summed E-state index contributed by atoms with van der Waals surface area (Å²) in [4.78, 5) is -0.168. The Bertz CT molecular complexity index is 247. The SMILES string of the molecule is ClC(Cl)C12CC3CC(CC(Cl)(C3)C1)C2. The van der Waals surface area contributed by atoms with E-state index in [0.717, 1.165) is 18.3 Å². The molecule has 2 atom stereocenters. The van der Waals surface area contributed by atoms with E-state index in [9.17, 15) is 0 Å². The molecule has 0 aromatic carbocycles. The van der Waals surface area contributed by atoms with Crippen molar-refractivity contribution in [3.63, 3.8) is 0 Å². The highest BCUT2D eigenvalue weighted by Crippen LogP contribution is 2.66. The van der Waals surface area contributed by atoms with Gasteiger partial charge in [0.2, 0.25) is 0 Å². The van der Waals surface area contributed by atoms with Crippen molar-refractivity contribution in [2.45, 2.75) is 48.2 Å². The fourth-order valence-corrected chi connectivity index (χ4v) is 5.69. The predicted molar refractivity (Wildman–Crippen MR) is 61.2 cm³/mol. The first-order valence-corrected chi connectivity index (χ1v) is 6.74. The van der Waals surface area contributed by atoms with Crippen LogP contribution in [0, 0.1) is 17.3 Å². The van der Waals surface area contributed by atoms with E-state index in [1.165, 1.54) is 32.1 Å². The molecule has 14 heavy (non-hydrogen) atoms. The van der Waals surface area contributed by atoms with Crippen LogP contribution in [-0.4, -0.2) is 9.71 Å². The number of alkyl halides is 3. The lowest BCUT2D eigenvalue weighted by atomic mass is 9.50. The minimum absolute atomic E-state index is 0.0477. The van der Waals surface area contributed by atoms with Gasteiger partial charge in [0.05, 0.1) is 0 Å². The molecule has 0 amide bonds. The maximum Gasteiger partial charge on any atom is 0.113 e. The molecule has 4 aliphatic carbocycles. The molecule has 0 radical (unpaired) electrons. The van der Waals surface area contributed by atoms with Gasteiger partial charge >= 0.3 is 0 Å². The Morgan fingerprint density at radius 2 is 1.57 bits per heavy atom. The van der Waals surface area contributed by atoms with Crippen LogP contribution in [0.1, 0.15) is 38.5 Å². The summed E-state index contributed by atoms with van der Waals surface area (Å²) in [7, 11) is 0. The van der Waals surface area contributed by atoms with E-state index in [4.69, 9.17) is 34.8 Å². The van der Waals surface area contributed by atoms with Crippen molar-refractivity contribution < 1.29 is 0 Å². The highest BCUT2D eigenvalue weighted by Gasteiger charge is 2.59. The van der Waals surface area contributed by atoms with Crippen LogP contribution in [0.15, 0.2) is 0 Å². The van der Waals surface area contributed by atoms with E-state index in [2.05, 4.69) is 0 Å². The number of rotatable bonds is 1. The molecule has 0 saturated heterocycles. The molecule has 4 rings (SSSR count). The van der Waals surface area contributed by atoms with Gasteiger partial charge in [0.25, 0.3) is 0 Å². The molecule has 4 bridgehead atoms. The summed E-state index contributed by atoms with van der Waals surface area (Å²) in [6, 6.07) is 0. The van der Waals surface area contributed by atoms with E-state index in [-0.39, 0.29) is 15.1 Å². The van der Waals surface area contributed by atoms with E-state index in [0.29, 0.717) is 0 Å².